The number of fused-ring (bicyclic) bond motifs is 3. The summed E-state index contributed by atoms with van der Waals surface area (Å²) in [5.41, 5.74) is 9.82. The third-order valence-corrected chi connectivity index (χ3v) is 8.05. The highest BCUT2D eigenvalue weighted by molar-refractivity contribution is 9.10. The number of hydrogen-bond donors (Lipinski definition) is 3. The van der Waals surface area contributed by atoms with Gasteiger partial charge in [0.1, 0.15) is 11.3 Å². The first-order chi connectivity index (χ1) is 16.5. The van der Waals surface area contributed by atoms with E-state index in [0.717, 1.165) is 46.4 Å². The summed E-state index contributed by atoms with van der Waals surface area (Å²) in [4.78, 5) is 27.0. The normalized spacial score (nSPS) is 25.9. The van der Waals surface area contributed by atoms with E-state index in [0.29, 0.717) is 29.7 Å². The lowest BCUT2D eigenvalue weighted by Crippen LogP contribution is -2.41. The van der Waals surface area contributed by atoms with Gasteiger partial charge in [-0.3, -0.25) is 4.79 Å². The zero-order valence-corrected chi connectivity index (χ0v) is 20.6. The third kappa shape index (κ3) is 3.66. The molecule has 8 nitrogen and oxygen atoms in total. The van der Waals surface area contributed by atoms with E-state index < -0.39 is 0 Å². The van der Waals surface area contributed by atoms with Crippen LogP contribution < -0.4 is 16.0 Å². The van der Waals surface area contributed by atoms with Crippen molar-refractivity contribution in [3.63, 3.8) is 0 Å². The van der Waals surface area contributed by atoms with E-state index in [1.54, 1.807) is 6.20 Å². The fourth-order valence-electron chi connectivity index (χ4n) is 5.50. The number of carbonyl (C=O) groups excluding carboxylic acids is 1. The summed E-state index contributed by atoms with van der Waals surface area (Å²) in [6, 6.07) is 5.90. The maximum absolute atomic E-state index is 12.2. The maximum Gasteiger partial charge on any atom is 0.223 e. The molecule has 3 aliphatic rings. The van der Waals surface area contributed by atoms with Crippen molar-refractivity contribution in [1.82, 2.24) is 15.0 Å². The Morgan fingerprint density at radius 2 is 2.06 bits per heavy atom. The van der Waals surface area contributed by atoms with E-state index in [9.17, 15) is 4.79 Å². The Morgan fingerprint density at radius 3 is 2.82 bits per heavy atom. The van der Waals surface area contributed by atoms with Crippen molar-refractivity contribution in [2.45, 2.75) is 12.5 Å². The number of aromatic amines is 1. The van der Waals surface area contributed by atoms with Crippen molar-refractivity contribution < 1.29 is 9.53 Å². The van der Waals surface area contributed by atoms with Crippen LogP contribution in [0.25, 0.3) is 22.6 Å². The Labute approximate surface area is 210 Å². The first kappa shape index (κ1) is 21.9. The number of aromatic nitrogens is 3. The molecule has 1 amide bonds. The first-order valence-electron chi connectivity index (χ1n) is 11.4. The topological polar surface area (TPSA) is 109 Å². The third-order valence-electron chi connectivity index (χ3n) is 7.15. The Kier molecular flexibility index (Phi) is 5.50. The van der Waals surface area contributed by atoms with Crippen LogP contribution in [-0.2, 0) is 9.53 Å². The average Bonchev–Trinajstić information content (AvgIpc) is 3.56. The van der Waals surface area contributed by atoms with E-state index in [1.807, 2.05) is 18.2 Å². The number of hydrogen-bond acceptors (Lipinski definition) is 6. The molecule has 1 unspecified atom stereocenters. The van der Waals surface area contributed by atoms with Crippen molar-refractivity contribution in [1.29, 1.82) is 0 Å². The first-order valence-corrected chi connectivity index (χ1v) is 12.6. The number of allylic oxidation sites excluding steroid dienone is 1. The standard InChI is InChI=1S/C24H24BrClN6O2/c25-15-11-28-24-21(20(15)29-19-13-2-1-12(9-13)18(19)22(27)33)30-23(31-24)14-3-4-17(16(26)10-14)32-5-7-34-8-6-32/h1-4,10-13,18-19H,5-9H2,(H2,27,33)(H2,28,29,30,31)/t12-,13+,18+,19?/m1/s1. The molecule has 1 saturated heterocycles. The fourth-order valence-corrected chi connectivity index (χ4v) is 6.21. The minimum atomic E-state index is -0.268. The molecular weight excluding hydrogens is 520 g/mol. The highest BCUT2D eigenvalue weighted by Crippen LogP contribution is 2.46. The van der Waals surface area contributed by atoms with Crippen molar-refractivity contribution >= 4 is 56.0 Å². The summed E-state index contributed by atoms with van der Waals surface area (Å²) in [7, 11) is 0. The highest BCUT2D eigenvalue weighted by Gasteiger charge is 2.47. The molecule has 2 bridgehead atoms. The van der Waals surface area contributed by atoms with Crippen molar-refractivity contribution in [3.8, 4) is 11.4 Å². The Morgan fingerprint density at radius 1 is 1.26 bits per heavy atom. The molecule has 1 saturated carbocycles. The van der Waals surface area contributed by atoms with E-state index in [2.05, 4.69) is 48.3 Å². The second kappa shape index (κ2) is 8.55. The molecular formula is C24H24BrClN6O2. The molecule has 2 aliphatic carbocycles. The average molecular weight is 544 g/mol. The second-order valence-electron chi connectivity index (χ2n) is 9.08. The zero-order chi connectivity index (χ0) is 23.4. The molecule has 4 atom stereocenters. The maximum atomic E-state index is 12.2. The van der Waals surface area contributed by atoms with Crippen LogP contribution in [0.5, 0.6) is 0 Å². The van der Waals surface area contributed by atoms with Gasteiger partial charge >= 0.3 is 0 Å². The minimum Gasteiger partial charge on any atom is -0.378 e. The quantitative estimate of drug-likeness (QED) is 0.420. The largest absolute Gasteiger partial charge is 0.378 e. The van der Waals surface area contributed by atoms with Gasteiger partial charge in [-0.25, -0.2) is 9.97 Å². The Bertz CT molecular complexity index is 1300. The van der Waals surface area contributed by atoms with E-state index in [-0.39, 0.29) is 29.7 Å². The number of benzene rings is 1. The number of imidazole rings is 1. The summed E-state index contributed by atoms with van der Waals surface area (Å²) >= 11 is 10.3. The molecule has 0 spiro atoms. The molecule has 0 radical (unpaired) electrons. The van der Waals surface area contributed by atoms with Gasteiger partial charge in [-0.05, 0) is 52.4 Å². The number of anilines is 2. The van der Waals surface area contributed by atoms with Gasteiger partial charge < -0.3 is 25.7 Å². The molecule has 34 heavy (non-hydrogen) atoms. The number of rotatable bonds is 5. The highest BCUT2D eigenvalue weighted by atomic mass is 79.9. The molecule has 2 fully saturated rings. The monoisotopic (exact) mass is 542 g/mol. The van der Waals surface area contributed by atoms with Crippen LogP contribution in [0.4, 0.5) is 11.4 Å². The summed E-state index contributed by atoms with van der Waals surface area (Å²) in [6.45, 7) is 3.04. The number of halogens is 2. The van der Waals surface area contributed by atoms with Gasteiger partial charge in [-0.1, -0.05) is 23.8 Å². The summed E-state index contributed by atoms with van der Waals surface area (Å²) in [5, 5.41) is 4.26. The van der Waals surface area contributed by atoms with Crippen molar-refractivity contribution in [2.24, 2.45) is 23.5 Å². The van der Waals surface area contributed by atoms with Crippen LogP contribution in [0.3, 0.4) is 0 Å². The van der Waals surface area contributed by atoms with Crippen molar-refractivity contribution in [3.05, 3.63) is 46.0 Å². The van der Waals surface area contributed by atoms with Crippen molar-refractivity contribution in [2.75, 3.05) is 36.5 Å². The molecule has 3 heterocycles. The predicted molar refractivity (Wildman–Crippen MR) is 136 cm³/mol. The van der Waals surface area contributed by atoms with Crippen LogP contribution in [0.15, 0.2) is 41.0 Å². The number of ether oxygens (including phenoxy) is 1. The van der Waals surface area contributed by atoms with Crippen LogP contribution >= 0.6 is 27.5 Å². The summed E-state index contributed by atoms with van der Waals surface area (Å²) in [6.07, 6.45) is 6.98. The second-order valence-corrected chi connectivity index (χ2v) is 10.3. The SMILES string of the molecule is NC(=O)[C@@H]1C(Nc2c(Br)cnc3nc(-c4ccc(N5CCOCC5)c(Cl)c4)[nH]c23)[C@H]2C=C[C@@H]1C2. The van der Waals surface area contributed by atoms with Gasteiger partial charge in [0.2, 0.25) is 5.91 Å². The Balaban J connectivity index is 1.34. The fraction of sp³-hybridized carbons (Fsp3) is 0.375. The van der Waals surface area contributed by atoms with E-state index in [1.165, 1.54) is 0 Å². The molecule has 2 aromatic heterocycles. The number of nitrogens with one attached hydrogen (secondary N) is 2. The number of morpholine rings is 1. The number of carbonyl (C=O) groups is 1. The van der Waals surface area contributed by atoms with Crippen LogP contribution in [-0.4, -0.2) is 53.2 Å². The molecule has 1 aromatic carbocycles. The number of pyridine rings is 1. The lowest BCUT2D eigenvalue weighted by Gasteiger charge is -2.29. The predicted octanol–water partition coefficient (Wildman–Crippen LogP) is 3.97. The smallest absolute Gasteiger partial charge is 0.223 e. The van der Waals surface area contributed by atoms with E-state index >= 15 is 0 Å². The van der Waals surface area contributed by atoms with Crippen LogP contribution in [0.2, 0.25) is 5.02 Å². The molecule has 4 N–H and O–H groups in total. The van der Waals surface area contributed by atoms with Gasteiger partial charge in [0.05, 0.1) is 40.0 Å². The van der Waals surface area contributed by atoms with Crippen LogP contribution in [0.1, 0.15) is 6.42 Å². The van der Waals surface area contributed by atoms with Gasteiger partial charge in [0.25, 0.3) is 0 Å². The number of H-pyrrole nitrogens is 1. The molecule has 10 heteroatoms. The molecule has 3 aromatic rings. The Hall–Kier alpha value is -2.62. The molecule has 6 rings (SSSR count). The zero-order valence-electron chi connectivity index (χ0n) is 18.3. The lowest BCUT2D eigenvalue weighted by atomic mass is 9.88. The molecule has 1 aliphatic heterocycles. The summed E-state index contributed by atoms with van der Waals surface area (Å²) < 4.78 is 6.24. The van der Waals surface area contributed by atoms with Crippen LogP contribution in [0, 0.1) is 17.8 Å². The van der Waals surface area contributed by atoms with Gasteiger partial charge in [-0.2, -0.15) is 0 Å². The number of amides is 1. The van der Waals surface area contributed by atoms with E-state index in [4.69, 9.17) is 27.1 Å². The number of nitrogens with zero attached hydrogens (tertiary/aromatic N) is 3. The number of nitrogens with two attached hydrogens (primary N) is 1. The van der Waals surface area contributed by atoms with Gasteiger partial charge in [-0.15, -0.1) is 0 Å². The summed E-state index contributed by atoms with van der Waals surface area (Å²) in [5.74, 6) is 0.639. The van der Waals surface area contributed by atoms with Gasteiger partial charge in [0.15, 0.2) is 5.65 Å². The number of primary amides is 1. The molecule has 176 valence electrons. The van der Waals surface area contributed by atoms with Gasteiger partial charge in [0, 0.05) is 30.9 Å². The minimum absolute atomic E-state index is 0.0663. The lowest BCUT2D eigenvalue weighted by molar-refractivity contribution is -0.122.